The molecule has 0 bridgehead atoms. The Morgan fingerprint density at radius 2 is 1.81 bits per heavy atom. The van der Waals surface area contributed by atoms with Crippen LogP contribution in [0.4, 0.5) is 13.6 Å². The summed E-state index contributed by atoms with van der Waals surface area (Å²) >= 11 is 0. The predicted octanol–water partition coefficient (Wildman–Crippen LogP) is 2.36. The highest BCUT2D eigenvalue weighted by molar-refractivity contribution is 5.74. The highest BCUT2D eigenvalue weighted by atomic mass is 19.3. The van der Waals surface area contributed by atoms with E-state index in [4.69, 9.17) is 5.11 Å². The van der Waals surface area contributed by atoms with E-state index in [9.17, 15) is 18.4 Å². The van der Waals surface area contributed by atoms with Crippen molar-refractivity contribution in [3.05, 3.63) is 0 Å². The molecule has 0 aliphatic heterocycles. The first-order valence-corrected chi connectivity index (χ1v) is 7.53. The van der Waals surface area contributed by atoms with Gasteiger partial charge >= 0.3 is 12.0 Å². The molecular weight excluding hydrogens is 282 g/mol. The number of carboxylic acids is 1. The molecule has 0 aromatic carbocycles. The van der Waals surface area contributed by atoms with Crippen LogP contribution in [0.3, 0.4) is 0 Å². The van der Waals surface area contributed by atoms with Gasteiger partial charge in [-0.25, -0.2) is 13.6 Å². The van der Waals surface area contributed by atoms with Crippen molar-refractivity contribution < 1.29 is 23.5 Å². The van der Waals surface area contributed by atoms with Crippen molar-refractivity contribution in [3.63, 3.8) is 0 Å². The number of hydrogen-bond donors (Lipinski definition) is 3. The maximum Gasteiger partial charge on any atom is 0.315 e. The van der Waals surface area contributed by atoms with E-state index < -0.39 is 23.8 Å². The van der Waals surface area contributed by atoms with E-state index in [2.05, 4.69) is 10.6 Å². The Hall–Kier alpha value is -1.40. The molecule has 2 rings (SSSR count). The number of nitrogens with one attached hydrogen (secondary N) is 2. The number of carboxylic acid groups (broad SMARTS) is 1. The molecule has 1 unspecified atom stereocenters. The molecule has 2 fully saturated rings. The minimum Gasteiger partial charge on any atom is -0.481 e. The molecule has 2 aliphatic rings. The lowest BCUT2D eigenvalue weighted by atomic mass is 9.86. The fourth-order valence-electron chi connectivity index (χ4n) is 3.19. The van der Waals surface area contributed by atoms with Gasteiger partial charge in [-0.05, 0) is 38.5 Å². The molecule has 0 aromatic rings. The number of urea groups is 1. The minimum atomic E-state index is -2.67. The molecule has 7 heteroatoms. The van der Waals surface area contributed by atoms with Gasteiger partial charge in [0.2, 0.25) is 0 Å². The van der Waals surface area contributed by atoms with Crippen molar-refractivity contribution in [1.82, 2.24) is 10.6 Å². The monoisotopic (exact) mass is 304 g/mol. The Morgan fingerprint density at radius 3 is 2.33 bits per heavy atom. The van der Waals surface area contributed by atoms with Gasteiger partial charge in [-0.2, -0.15) is 0 Å². The summed E-state index contributed by atoms with van der Waals surface area (Å²) in [5.74, 6) is -4.57. The van der Waals surface area contributed by atoms with Gasteiger partial charge in [0.05, 0.1) is 5.92 Å². The standard InChI is InChI=1S/C14H22F2N2O3/c15-14(16)7-1-2-10(14)8-17-13(21)18-11-5-3-9(4-6-11)12(19)20/h9-11H,1-8H2,(H,19,20)(H2,17,18,21). The average molecular weight is 304 g/mol. The summed E-state index contributed by atoms with van der Waals surface area (Å²) in [6, 6.07) is -0.499. The molecule has 2 amide bonds. The number of carbonyl (C=O) groups is 2. The third-order valence-electron chi connectivity index (χ3n) is 4.58. The number of alkyl halides is 2. The second-order valence-electron chi connectivity index (χ2n) is 6.09. The van der Waals surface area contributed by atoms with Crippen LogP contribution in [-0.2, 0) is 4.79 Å². The van der Waals surface area contributed by atoms with Crippen molar-refractivity contribution >= 4 is 12.0 Å². The maximum atomic E-state index is 13.4. The van der Waals surface area contributed by atoms with Gasteiger partial charge in [0, 0.05) is 24.9 Å². The third-order valence-corrected chi connectivity index (χ3v) is 4.58. The SMILES string of the molecule is O=C(NCC1CCCC1(F)F)NC1CCC(C(=O)O)CC1. The van der Waals surface area contributed by atoms with Crippen LogP contribution in [0.2, 0.25) is 0 Å². The quantitative estimate of drug-likeness (QED) is 0.746. The van der Waals surface area contributed by atoms with Gasteiger partial charge in [0.25, 0.3) is 5.92 Å². The Bertz CT molecular complexity index is 396. The van der Waals surface area contributed by atoms with Crippen LogP contribution in [0, 0.1) is 11.8 Å². The summed E-state index contributed by atoms with van der Waals surface area (Å²) < 4.78 is 26.8. The first-order chi connectivity index (χ1) is 9.88. The second kappa shape index (κ2) is 6.58. The van der Waals surface area contributed by atoms with E-state index in [1.807, 2.05) is 0 Å². The van der Waals surface area contributed by atoms with Crippen LogP contribution in [0.15, 0.2) is 0 Å². The number of carbonyl (C=O) groups excluding carboxylic acids is 1. The second-order valence-corrected chi connectivity index (χ2v) is 6.09. The van der Waals surface area contributed by atoms with E-state index >= 15 is 0 Å². The van der Waals surface area contributed by atoms with E-state index in [-0.39, 0.29) is 24.9 Å². The van der Waals surface area contributed by atoms with Gasteiger partial charge < -0.3 is 15.7 Å². The summed E-state index contributed by atoms with van der Waals surface area (Å²) in [7, 11) is 0. The summed E-state index contributed by atoms with van der Waals surface area (Å²) in [4.78, 5) is 22.5. The smallest absolute Gasteiger partial charge is 0.315 e. The Morgan fingerprint density at radius 1 is 1.14 bits per heavy atom. The Labute approximate surface area is 122 Å². The normalized spacial score (nSPS) is 31.6. The zero-order chi connectivity index (χ0) is 15.5. The largest absolute Gasteiger partial charge is 0.481 e. The minimum absolute atomic E-state index is 0.0106. The molecule has 21 heavy (non-hydrogen) atoms. The maximum absolute atomic E-state index is 13.4. The predicted molar refractivity (Wildman–Crippen MR) is 72.2 cm³/mol. The molecule has 0 aromatic heterocycles. The topological polar surface area (TPSA) is 78.4 Å². The summed E-state index contributed by atoms with van der Waals surface area (Å²) in [5, 5.41) is 14.1. The summed E-state index contributed by atoms with van der Waals surface area (Å²) in [5.41, 5.74) is 0. The summed E-state index contributed by atoms with van der Waals surface area (Å²) in [6.45, 7) is -0.0106. The van der Waals surface area contributed by atoms with Gasteiger partial charge in [0.15, 0.2) is 0 Å². The molecule has 0 heterocycles. The number of halogens is 2. The zero-order valence-electron chi connectivity index (χ0n) is 11.9. The molecule has 0 saturated heterocycles. The van der Waals surface area contributed by atoms with Crippen molar-refractivity contribution in [2.75, 3.05) is 6.54 Å². The van der Waals surface area contributed by atoms with Crippen LogP contribution >= 0.6 is 0 Å². The van der Waals surface area contributed by atoms with Gasteiger partial charge in [-0.15, -0.1) is 0 Å². The molecule has 5 nitrogen and oxygen atoms in total. The van der Waals surface area contributed by atoms with Gasteiger partial charge in [0.1, 0.15) is 0 Å². The number of rotatable bonds is 4. The average Bonchev–Trinajstić information content (AvgIpc) is 2.76. The molecule has 120 valence electrons. The molecule has 3 N–H and O–H groups in total. The first kappa shape index (κ1) is 16.0. The molecular formula is C14H22F2N2O3. The van der Waals surface area contributed by atoms with E-state index in [0.717, 1.165) is 0 Å². The molecule has 0 radical (unpaired) electrons. The number of amides is 2. The van der Waals surface area contributed by atoms with Crippen molar-refractivity contribution in [3.8, 4) is 0 Å². The molecule has 1 atom stereocenters. The Kier molecular flexibility index (Phi) is 5.00. The van der Waals surface area contributed by atoms with Gasteiger partial charge in [-0.1, -0.05) is 0 Å². The van der Waals surface area contributed by atoms with Crippen molar-refractivity contribution in [1.29, 1.82) is 0 Å². The van der Waals surface area contributed by atoms with E-state index in [0.29, 0.717) is 38.5 Å². The fraction of sp³-hybridized carbons (Fsp3) is 0.857. The first-order valence-electron chi connectivity index (χ1n) is 7.53. The van der Waals surface area contributed by atoms with Crippen LogP contribution in [0.5, 0.6) is 0 Å². The molecule has 2 saturated carbocycles. The third kappa shape index (κ3) is 4.28. The fourth-order valence-corrected chi connectivity index (χ4v) is 3.19. The van der Waals surface area contributed by atoms with Crippen LogP contribution in [0.1, 0.15) is 44.9 Å². The number of aliphatic carboxylic acids is 1. The van der Waals surface area contributed by atoms with E-state index in [1.165, 1.54) is 0 Å². The highest BCUT2D eigenvalue weighted by Gasteiger charge is 2.43. The number of hydrogen-bond acceptors (Lipinski definition) is 2. The molecule has 2 aliphatic carbocycles. The van der Waals surface area contributed by atoms with E-state index in [1.54, 1.807) is 0 Å². The lowest BCUT2D eigenvalue weighted by molar-refractivity contribution is -0.142. The lowest BCUT2D eigenvalue weighted by Gasteiger charge is -2.27. The lowest BCUT2D eigenvalue weighted by Crippen LogP contribution is -2.46. The summed E-state index contributed by atoms with van der Waals surface area (Å²) in [6.07, 6.45) is 3.16. The highest BCUT2D eigenvalue weighted by Crippen LogP contribution is 2.39. The van der Waals surface area contributed by atoms with Gasteiger partial charge in [-0.3, -0.25) is 4.79 Å². The Balaban J connectivity index is 1.67. The van der Waals surface area contributed by atoms with Crippen LogP contribution in [-0.4, -0.2) is 35.6 Å². The zero-order valence-corrected chi connectivity index (χ0v) is 11.9. The van der Waals surface area contributed by atoms with Crippen molar-refractivity contribution in [2.45, 2.75) is 56.9 Å². The van der Waals surface area contributed by atoms with Crippen LogP contribution in [0.25, 0.3) is 0 Å². The molecule has 0 spiro atoms. The van der Waals surface area contributed by atoms with Crippen molar-refractivity contribution in [2.24, 2.45) is 11.8 Å². The van der Waals surface area contributed by atoms with Crippen LogP contribution < -0.4 is 10.6 Å².